The van der Waals surface area contributed by atoms with E-state index in [4.69, 9.17) is 4.74 Å². The molecule has 1 aliphatic heterocycles. The molecule has 7 heteroatoms. The molecule has 0 radical (unpaired) electrons. The van der Waals surface area contributed by atoms with Gasteiger partial charge < -0.3 is 4.74 Å². The van der Waals surface area contributed by atoms with Gasteiger partial charge in [0.1, 0.15) is 0 Å². The van der Waals surface area contributed by atoms with Gasteiger partial charge in [-0.1, -0.05) is 25.7 Å². The maximum Gasteiger partial charge on any atom is 0.416 e. The second-order valence-electron chi connectivity index (χ2n) is 6.08. The lowest BCUT2D eigenvalue weighted by Crippen LogP contribution is -2.32. The number of benzene rings is 1. The molecule has 1 fully saturated rings. The van der Waals surface area contributed by atoms with Crippen LogP contribution in [0.2, 0.25) is 0 Å². The number of hydrogen-bond donors (Lipinski definition) is 0. The Morgan fingerprint density at radius 1 is 1.14 bits per heavy atom. The van der Waals surface area contributed by atoms with Gasteiger partial charge in [-0.25, -0.2) is 4.68 Å². The van der Waals surface area contributed by atoms with Gasteiger partial charge in [0, 0.05) is 17.7 Å². The van der Waals surface area contributed by atoms with Crippen molar-refractivity contribution in [3.05, 3.63) is 63.1 Å². The van der Waals surface area contributed by atoms with Crippen molar-refractivity contribution in [1.82, 2.24) is 9.78 Å². The summed E-state index contributed by atoms with van der Waals surface area (Å²) in [5.74, 6) is 5.58. The number of hydrogen-bond acceptors (Lipinski definition) is 3. The maximum atomic E-state index is 12.6. The van der Waals surface area contributed by atoms with E-state index in [0.29, 0.717) is 23.3 Å². The van der Waals surface area contributed by atoms with E-state index in [0.717, 1.165) is 31.4 Å². The lowest BCUT2D eigenvalue weighted by atomic mass is 10.1. The molecule has 2 heterocycles. The van der Waals surface area contributed by atoms with Crippen molar-refractivity contribution >= 4 is 0 Å². The van der Waals surface area contributed by atoms with E-state index in [1.54, 1.807) is 6.92 Å². The Bertz CT molecular complexity index is 900. The summed E-state index contributed by atoms with van der Waals surface area (Å²) in [4.78, 5) is 12.5. The summed E-state index contributed by atoms with van der Waals surface area (Å²) < 4.78 is 44.6. The van der Waals surface area contributed by atoms with Crippen LogP contribution >= 0.6 is 0 Å². The lowest BCUT2D eigenvalue weighted by molar-refractivity contribution is -0.137. The summed E-state index contributed by atoms with van der Waals surface area (Å²) in [7, 11) is 0. The predicted molar refractivity (Wildman–Crippen MR) is 101 cm³/mol. The van der Waals surface area contributed by atoms with E-state index in [9.17, 15) is 18.0 Å². The Morgan fingerprint density at radius 2 is 1.82 bits per heavy atom. The van der Waals surface area contributed by atoms with Crippen molar-refractivity contribution in [2.45, 2.75) is 52.4 Å². The fraction of sp³-hybridized carbons (Fsp3) is 0.429. The topological polar surface area (TPSA) is 44.1 Å². The van der Waals surface area contributed by atoms with Crippen LogP contribution in [0.3, 0.4) is 0 Å². The molecule has 1 unspecified atom stereocenters. The average molecular weight is 392 g/mol. The summed E-state index contributed by atoms with van der Waals surface area (Å²) in [6, 6.07) is 4.56. The molecule has 3 rings (SSSR count). The Balaban J connectivity index is 0.00000136. The maximum absolute atomic E-state index is 12.6. The zero-order valence-electron chi connectivity index (χ0n) is 16.1. The van der Waals surface area contributed by atoms with Gasteiger partial charge in [0.25, 0.3) is 5.56 Å². The van der Waals surface area contributed by atoms with Gasteiger partial charge >= 0.3 is 6.18 Å². The Hall–Kier alpha value is -2.59. The molecule has 2 aromatic rings. The number of halogens is 3. The average Bonchev–Trinajstić information content (AvgIpc) is 2.71. The minimum atomic E-state index is -4.38. The highest BCUT2D eigenvalue weighted by atomic mass is 19.4. The highest BCUT2D eigenvalue weighted by molar-refractivity contribution is 5.45. The van der Waals surface area contributed by atoms with Crippen LogP contribution in [0, 0.1) is 18.8 Å². The Morgan fingerprint density at radius 3 is 2.39 bits per heavy atom. The number of aromatic nitrogens is 2. The first-order valence-corrected chi connectivity index (χ1v) is 9.25. The van der Waals surface area contributed by atoms with E-state index >= 15 is 0 Å². The third-order valence-electron chi connectivity index (χ3n) is 4.23. The number of nitrogens with zero attached hydrogens (tertiary/aromatic N) is 2. The molecule has 0 spiro atoms. The standard InChI is InChI=1S/C19H17F3N2O2.C2H6/c1-13-15(8-5-14-6-9-16(10-7-14)19(20,21)22)12-23-24(18(13)25)17-4-2-3-11-26-17;1-2/h6-7,9-10,12,17H,2-4,11H2,1H3;1-2H3. The van der Waals surface area contributed by atoms with Gasteiger partial charge in [0.05, 0.1) is 17.3 Å². The van der Waals surface area contributed by atoms with E-state index in [1.807, 2.05) is 13.8 Å². The normalized spacial score (nSPS) is 16.4. The summed E-state index contributed by atoms with van der Waals surface area (Å²) in [5, 5.41) is 4.15. The van der Waals surface area contributed by atoms with Crippen LogP contribution in [0.5, 0.6) is 0 Å². The van der Waals surface area contributed by atoms with Crippen molar-refractivity contribution in [3.8, 4) is 11.8 Å². The Kier molecular flexibility index (Phi) is 7.41. The number of rotatable bonds is 1. The van der Waals surface area contributed by atoms with E-state index < -0.39 is 11.7 Å². The van der Waals surface area contributed by atoms with Crippen LogP contribution in [0.1, 0.15) is 61.6 Å². The molecule has 1 atom stereocenters. The van der Waals surface area contributed by atoms with E-state index in [2.05, 4.69) is 16.9 Å². The van der Waals surface area contributed by atoms with Crippen LogP contribution < -0.4 is 5.56 Å². The number of alkyl halides is 3. The zero-order chi connectivity index (χ0) is 20.7. The third kappa shape index (κ3) is 5.23. The quantitative estimate of drug-likeness (QED) is 0.661. The molecule has 0 amide bonds. The van der Waals surface area contributed by atoms with Crippen LogP contribution in [-0.2, 0) is 10.9 Å². The summed E-state index contributed by atoms with van der Waals surface area (Å²) >= 11 is 0. The van der Waals surface area contributed by atoms with Crippen LogP contribution in [0.15, 0.2) is 35.3 Å². The molecule has 1 aromatic carbocycles. The zero-order valence-corrected chi connectivity index (χ0v) is 16.1. The van der Waals surface area contributed by atoms with Gasteiger partial charge in [-0.3, -0.25) is 4.79 Å². The smallest absolute Gasteiger partial charge is 0.356 e. The van der Waals surface area contributed by atoms with Crippen molar-refractivity contribution in [1.29, 1.82) is 0 Å². The summed E-state index contributed by atoms with van der Waals surface area (Å²) in [6.07, 6.45) is -0.548. The van der Waals surface area contributed by atoms with Crippen LogP contribution in [0.4, 0.5) is 13.2 Å². The van der Waals surface area contributed by atoms with Crippen molar-refractivity contribution in [3.63, 3.8) is 0 Å². The second-order valence-corrected chi connectivity index (χ2v) is 6.08. The van der Waals surface area contributed by atoms with E-state index in [-0.39, 0.29) is 11.8 Å². The molecule has 4 nitrogen and oxygen atoms in total. The van der Waals surface area contributed by atoms with Crippen molar-refractivity contribution in [2.75, 3.05) is 6.61 Å². The fourth-order valence-electron chi connectivity index (χ4n) is 2.69. The third-order valence-corrected chi connectivity index (χ3v) is 4.23. The molecular weight excluding hydrogens is 369 g/mol. The minimum Gasteiger partial charge on any atom is -0.356 e. The largest absolute Gasteiger partial charge is 0.416 e. The molecule has 1 aromatic heterocycles. The lowest BCUT2D eigenvalue weighted by Gasteiger charge is -2.23. The van der Waals surface area contributed by atoms with Gasteiger partial charge in [-0.05, 0) is 50.5 Å². The SMILES string of the molecule is CC.Cc1c(C#Cc2ccc(C(F)(F)F)cc2)cnn(C2CCCCO2)c1=O. The molecule has 0 saturated carbocycles. The van der Waals surface area contributed by atoms with Crippen LogP contribution in [0.25, 0.3) is 0 Å². The first-order valence-electron chi connectivity index (χ1n) is 9.25. The first kappa shape index (κ1) is 21.7. The molecule has 0 bridgehead atoms. The molecule has 1 saturated heterocycles. The molecule has 1 aliphatic rings. The fourth-order valence-corrected chi connectivity index (χ4v) is 2.69. The first-order chi connectivity index (χ1) is 13.4. The summed E-state index contributed by atoms with van der Waals surface area (Å²) in [6.45, 7) is 6.26. The molecule has 0 N–H and O–H groups in total. The molecule has 150 valence electrons. The van der Waals surface area contributed by atoms with Gasteiger partial charge in [-0.2, -0.15) is 18.3 Å². The molecular formula is C21H23F3N2O2. The molecule has 28 heavy (non-hydrogen) atoms. The number of ether oxygens (including phenoxy) is 1. The summed E-state index contributed by atoms with van der Waals surface area (Å²) in [5.41, 5.74) is 0.319. The highest BCUT2D eigenvalue weighted by Crippen LogP contribution is 2.29. The van der Waals surface area contributed by atoms with Gasteiger partial charge in [-0.15, -0.1) is 0 Å². The molecule has 0 aliphatic carbocycles. The van der Waals surface area contributed by atoms with Crippen LogP contribution in [-0.4, -0.2) is 16.4 Å². The van der Waals surface area contributed by atoms with E-state index in [1.165, 1.54) is 23.0 Å². The van der Waals surface area contributed by atoms with Crippen molar-refractivity contribution < 1.29 is 17.9 Å². The van der Waals surface area contributed by atoms with Crippen molar-refractivity contribution in [2.24, 2.45) is 0 Å². The predicted octanol–water partition coefficient (Wildman–Crippen LogP) is 4.70. The highest BCUT2D eigenvalue weighted by Gasteiger charge is 2.29. The minimum absolute atomic E-state index is 0.267. The second kappa shape index (κ2) is 9.56. The monoisotopic (exact) mass is 392 g/mol. The Labute approximate surface area is 162 Å². The van der Waals surface area contributed by atoms with Gasteiger partial charge in [0.15, 0.2) is 6.23 Å². The van der Waals surface area contributed by atoms with Gasteiger partial charge in [0.2, 0.25) is 0 Å².